The van der Waals surface area contributed by atoms with Crippen molar-refractivity contribution < 1.29 is 14.3 Å². The second kappa shape index (κ2) is 8.88. The molecule has 1 atom stereocenters. The molecule has 2 aromatic carbocycles. The summed E-state index contributed by atoms with van der Waals surface area (Å²) in [6.45, 7) is 1.48. The number of amides is 2. The van der Waals surface area contributed by atoms with E-state index in [1.165, 1.54) is 11.9 Å². The van der Waals surface area contributed by atoms with Crippen molar-refractivity contribution in [3.8, 4) is 11.8 Å². The van der Waals surface area contributed by atoms with Crippen LogP contribution < -0.4 is 10.1 Å². The zero-order valence-corrected chi connectivity index (χ0v) is 15.2. The van der Waals surface area contributed by atoms with Crippen LogP contribution in [-0.4, -0.2) is 36.4 Å². The van der Waals surface area contributed by atoms with Crippen molar-refractivity contribution in [2.75, 3.05) is 18.9 Å². The third kappa shape index (κ3) is 5.50. The number of nitriles is 1. The molecule has 0 spiro atoms. The Kier molecular flexibility index (Phi) is 6.59. The molecule has 1 N–H and O–H groups in total. The standard InChI is InChI=1S/C19H18ClN3O3/c1-13(26-17-8-6-14(11-21)7-9-17)19(25)23(2)12-18(24)22-16-5-3-4-15(20)10-16/h3-10,13H,12H2,1-2H3,(H,22,24). The summed E-state index contributed by atoms with van der Waals surface area (Å²) in [5, 5.41) is 12.0. The minimum Gasteiger partial charge on any atom is -0.481 e. The first-order chi connectivity index (χ1) is 12.4. The molecule has 0 saturated carbocycles. The van der Waals surface area contributed by atoms with Crippen LogP contribution in [0.15, 0.2) is 48.5 Å². The lowest BCUT2D eigenvalue weighted by atomic mass is 10.2. The first kappa shape index (κ1) is 19.3. The summed E-state index contributed by atoms with van der Waals surface area (Å²) >= 11 is 5.87. The van der Waals surface area contributed by atoms with E-state index in [1.807, 2.05) is 6.07 Å². The van der Waals surface area contributed by atoms with Gasteiger partial charge in [0.15, 0.2) is 6.10 Å². The summed E-state index contributed by atoms with van der Waals surface area (Å²) in [4.78, 5) is 25.7. The second-order valence-electron chi connectivity index (χ2n) is 5.65. The predicted octanol–water partition coefficient (Wildman–Crippen LogP) is 3.08. The minimum absolute atomic E-state index is 0.119. The second-order valence-corrected chi connectivity index (χ2v) is 6.09. The van der Waals surface area contributed by atoms with Crippen molar-refractivity contribution in [1.29, 1.82) is 5.26 Å². The Morgan fingerprint density at radius 3 is 2.58 bits per heavy atom. The van der Waals surface area contributed by atoms with Crippen LogP contribution in [0.25, 0.3) is 0 Å². The maximum absolute atomic E-state index is 12.4. The van der Waals surface area contributed by atoms with Crippen LogP contribution in [0.4, 0.5) is 5.69 Å². The zero-order valence-electron chi connectivity index (χ0n) is 14.4. The number of benzene rings is 2. The molecule has 2 amide bonds. The van der Waals surface area contributed by atoms with Gasteiger partial charge in [-0.2, -0.15) is 5.26 Å². The lowest BCUT2D eigenvalue weighted by Gasteiger charge is -2.21. The largest absolute Gasteiger partial charge is 0.481 e. The summed E-state index contributed by atoms with van der Waals surface area (Å²) in [6.07, 6.45) is -0.771. The van der Waals surface area contributed by atoms with Crippen molar-refractivity contribution in [2.24, 2.45) is 0 Å². The van der Waals surface area contributed by atoms with E-state index in [0.717, 1.165) is 0 Å². The van der Waals surface area contributed by atoms with Gasteiger partial charge in [-0.15, -0.1) is 0 Å². The van der Waals surface area contributed by atoms with Crippen LogP contribution in [0.1, 0.15) is 12.5 Å². The number of ether oxygens (including phenoxy) is 1. The van der Waals surface area contributed by atoms with Crippen LogP contribution >= 0.6 is 11.6 Å². The molecule has 6 nitrogen and oxygen atoms in total. The summed E-state index contributed by atoms with van der Waals surface area (Å²) < 4.78 is 5.56. The minimum atomic E-state index is -0.771. The Hall–Kier alpha value is -3.04. The highest BCUT2D eigenvalue weighted by atomic mass is 35.5. The molecular weight excluding hydrogens is 354 g/mol. The molecule has 0 fully saturated rings. The third-order valence-corrected chi connectivity index (χ3v) is 3.74. The summed E-state index contributed by atoms with van der Waals surface area (Å²) in [5.41, 5.74) is 1.07. The van der Waals surface area contributed by atoms with E-state index in [4.69, 9.17) is 21.6 Å². The number of nitrogens with one attached hydrogen (secondary N) is 1. The monoisotopic (exact) mass is 371 g/mol. The van der Waals surface area contributed by atoms with E-state index in [1.54, 1.807) is 55.5 Å². The first-order valence-corrected chi connectivity index (χ1v) is 8.24. The first-order valence-electron chi connectivity index (χ1n) is 7.86. The molecule has 0 aliphatic carbocycles. The predicted molar refractivity (Wildman–Crippen MR) is 99.0 cm³/mol. The maximum Gasteiger partial charge on any atom is 0.263 e. The van der Waals surface area contributed by atoms with Gasteiger partial charge in [0, 0.05) is 17.8 Å². The van der Waals surface area contributed by atoms with E-state index in [9.17, 15) is 9.59 Å². The summed E-state index contributed by atoms with van der Waals surface area (Å²) in [7, 11) is 1.53. The molecule has 0 heterocycles. The molecule has 0 saturated heterocycles. The molecule has 7 heteroatoms. The van der Waals surface area contributed by atoms with Gasteiger partial charge in [-0.25, -0.2) is 0 Å². The molecule has 0 aliphatic rings. The molecule has 0 radical (unpaired) electrons. The molecule has 1 unspecified atom stereocenters. The number of carbonyl (C=O) groups excluding carboxylic acids is 2. The number of hydrogen-bond donors (Lipinski definition) is 1. The molecule has 2 aromatic rings. The van der Waals surface area contributed by atoms with E-state index < -0.39 is 6.10 Å². The number of hydrogen-bond acceptors (Lipinski definition) is 4. The van der Waals surface area contributed by atoms with E-state index in [2.05, 4.69) is 5.32 Å². The van der Waals surface area contributed by atoms with Crippen molar-refractivity contribution in [1.82, 2.24) is 4.90 Å². The molecule has 0 aromatic heterocycles. The van der Waals surface area contributed by atoms with Gasteiger partial charge in [0.1, 0.15) is 5.75 Å². The van der Waals surface area contributed by atoms with Crippen LogP contribution in [-0.2, 0) is 9.59 Å². The number of halogens is 1. The Morgan fingerprint density at radius 1 is 1.27 bits per heavy atom. The van der Waals surface area contributed by atoms with Gasteiger partial charge < -0.3 is 15.0 Å². The van der Waals surface area contributed by atoms with Crippen molar-refractivity contribution in [2.45, 2.75) is 13.0 Å². The SMILES string of the molecule is CC(Oc1ccc(C#N)cc1)C(=O)N(C)CC(=O)Nc1cccc(Cl)c1. The van der Waals surface area contributed by atoms with Crippen LogP contribution in [0, 0.1) is 11.3 Å². The Balaban J connectivity index is 1.88. The molecule has 0 bridgehead atoms. The lowest BCUT2D eigenvalue weighted by molar-refractivity contribution is -0.139. The number of nitrogens with zero attached hydrogens (tertiary/aromatic N) is 2. The lowest BCUT2D eigenvalue weighted by Crippen LogP contribution is -2.41. The average molecular weight is 372 g/mol. The molecular formula is C19H18ClN3O3. The molecule has 134 valence electrons. The van der Waals surface area contributed by atoms with Crippen LogP contribution in [0.2, 0.25) is 5.02 Å². The Bertz CT molecular complexity index is 831. The third-order valence-electron chi connectivity index (χ3n) is 3.51. The smallest absolute Gasteiger partial charge is 0.263 e. The Labute approximate surface area is 156 Å². The van der Waals surface area contributed by atoms with Gasteiger partial charge in [0.05, 0.1) is 18.2 Å². The fourth-order valence-electron chi connectivity index (χ4n) is 2.23. The normalized spacial score (nSPS) is 11.2. The maximum atomic E-state index is 12.4. The average Bonchev–Trinajstić information content (AvgIpc) is 2.61. The number of rotatable bonds is 6. The van der Waals surface area contributed by atoms with Gasteiger partial charge in [0.2, 0.25) is 5.91 Å². The van der Waals surface area contributed by atoms with Gasteiger partial charge in [-0.05, 0) is 49.4 Å². The zero-order chi connectivity index (χ0) is 19.1. The number of carbonyl (C=O) groups is 2. The van der Waals surface area contributed by atoms with Crippen molar-refractivity contribution in [3.63, 3.8) is 0 Å². The highest BCUT2D eigenvalue weighted by molar-refractivity contribution is 6.30. The number of likely N-dealkylation sites (N-methyl/N-ethyl adjacent to an activating group) is 1. The highest BCUT2D eigenvalue weighted by Gasteiger charge is 2.21. The number of anilines is 1. The van der Waals surface area contributed by atoms with Crippen LogP contribution in [0.3, 0.4) is 0 Å². The van der Waals surface area contributed by atoms with E-state index in [0.29, 0.717) is 22.0 Å². The summed E-state index contributed by atoms with van der Waals surface area (Å²) in [5.74, 6) is -0.203. The highest BCUT2D eigenvalue weighted by Crippen LogP contribution is 2.16. The van der Waals surface area contributed by atoms with Crippen molar-refractivity contribution in [3.05, 3.63) is 59.1 Å². The quantitative estimate of drug-likeness (QED) is 0.845. The molecule has 26 heavy (non-hydrogen) atoms. The van der Waals surface area contributed by atoms with Gasteiger partial charge in [-0.3, -0.25) is 9.59 Å². The van der Waals surface area contributed by atoms with Crippen molar-refractivity contribution >= 4 is 29.1 Å². The molecule has 2 rings (SSSR count). The fourth-order valence-corrected chi connectivity index (χ4v) is 2.42. The van der Waals surface area contributed by atoms with Gasteiger partial charge in [0.25, 0.3) is 5.91 Å². The summed E-state index contributed by atoms with van der Waals surface area (Å²) in [6, 6.07) is 15.2. The molecule has 0 aliphatic heterocycles. The van der Waals surface area contributed by atoms with Crippen LogP contribution in [0.5, 0.6) is 5.75 Å². The van der Waals surface area contributed by atoms with E-state index >= 15 is 0 Å². The Morgan fingerprint density at radius 2 is 1.96 bits per heavy atom. The topological polar surface area (TPSA) is 82.4 Å². The van der Waals surface area contributed by atoms with Gasteiger partial charge in [-0.1, -0.05) is 17.7 Å². The van der Waals surface area contributed by atoms with Gasteiger partial charge >= 0.3 is 0 Å². The van der Waals surface area contributed by atoms with E-state index in [-0.39, 0.29) is 18.4 Å². The fraction of sp³-hybridized carbons (Fsp3) is 0.211.